The average molecular weight is 389 g/mol. The third kappa shape index (κ3) is 3.31. The van der Waals surface area contributed by atoms with Crippen LogP contribution in [0.2, 0.25) is 0 Å². The number of aromatic amines is 1. The average Bonchev–Trinajstić information content (AvgIpc) is 3.48. The SMILES string of the molecule is COc1ccc(-n2ccnc2CN2Cc3[nH]cnc3C(c3cnn(C)c3)C2)cc1. The maximum atomic E-state index is 5.27. The molecule has 148 valence electrons. The van der Waals surface area contributed by atoms with Crippen molar-refractivity contribution in [1.82, 2.24) is 34.2 Å². The Morgan fingerprint density at radius 1 is 1.21 bits per heavy atom. The monoisotopic (exact) mass is 389 g/mol. The van der Waals surface area contributed by atoms with Gasteiger partial charge in [0, 0.05) is 55.9 Å². The molecular formula is C21H23N7O. The standard InChI is InChI=1S/C21H23N7O/c1-26-10-15(9-25-26)18-11-27(12-19-21(18)24-14-23-19)13-20-22-7-8-28(20)16-3-5-17(29-2)6-4-16/h3-10,14,18H,11-13H2,1-2H3,(H,23,24). The van der Waals surface area contributed by atoms with E-state index in [2.05, 4.69) is 35.7 Å². The van der Waals surface area contributed by atoms with Gasteiger partial charge < -0.3 is 14.3 Å². The zero-order chi connectivity index (χ0) is 19.8. The van der Waals surface area contributed by atoms with Crippen LogP contribution in [0.1, 0.15) is 28.7 Å². The summed E-state index contributed by atoms with van der Waals surface area (Å²) in [5.74, 6) is 2.05. The summed E-state index contributed by atoms with van der Waals surface area (Å²) in [7, 11) is 3.62. The fourth-order valence-corrected chi connectivity index (χ4v) is 4.02. The van der Waals surface area contributed by atoms with E-state index in [0.717, 1.165) is 48.3 Å². The molecule has 1 aliphatic heterocycles. The molecule has 1 aliphatic rings. The number of rotatable bonds is 5. The van der Waals surface area contributed by atoms with Gasteiger partial charge in [-0.05, 0) is 24.3 Å². The molecule has 8 heteroatoms. The van der Waals surface area contributed by atoms with Crippen LogP contribution in [0.4, 0.5) is 0 Å². The third-order valence-electron chi connectivity index (χ3n) is 5.46. The van der Waals surface area contributed by atoms with Crippen molar-refractivity contribution in [2.24, 2.45) is 7.05 Å². The van der Waals surface area contributed by atoms with E-state index in [1.807, 2.05) is 54.6 Å². The fourth-order valence-electron chi connectivity index (χ4n) is 4.02. The number of fused-ring (bicyclic) bond motifs is 1. The summed E-state index contributed by atoms with van der Waals surface area (Å²) >= 11 is 0. The number of hydrogen-bond donors (Lipinski definition) is 1. The van der Waals surface area contributed by atoms with Gasteiger partial charge in [-0.25, -0.2) is 9.97 Å². The fraction of sp³-hybridized carbons (Fsp3) is 0.286. The molecule has 1 aromatic carbocycles. The summed E-state index contributed by atoms with van der Waals surface area (Å²) in [4.78, 5) is 14.9. The number of benzene rings is 1. The predicted molar refractivity (Wildman–Crippen MR) is 108 cm³/mol. The quantitative estimate of drug-likeness (QED) is 0.567. The molecule has 4 aromatic rings. The van der Waals surface area contributed by atoms with Crippen LogP contribution < -0.4 is 4.74 Å². The minimum absolute atomic E-state index is 0.197. The first kappa shape index (κ1) is 17.7. The van der Waals surface area contributed by atoms with E-state index in [9.17, 15) is 0 Å². The third-order valence-corrected chi connectivity index (χ3v) is 5.46. The molecule has 1 atom stereocenters. The predicted octanol–water partition coefficient (Wildman–Crippen LogP) is 2.49. The Morgan fingerprint density at radius 3 is 2.83 bits per heavy atom. The molecule has 0 saturated carbocycles. The van der Waals surface area contributed by atoms with Crippen LogP contribution in [-0.2, 0) is 20.1 Å². The summed E-state index contributed by atoms with van der Waals surface area (Å²) in [6.07, 6.45) is 9.65. The van der Waals surface area contributed by atoms with Gasteiger partial charge in [-0.1, -0.05) is 0 Å². The number of hydrogen-bond acceptors (Lipinski definition) is 5. The molecular weight excluding hydrogens is 366 g/mol. The molecule has 0 saturated heterocycles. The number of H-pyrrole nitrogens is 1. The number of ether oxygens (including phenoxy) is 1. The molecule has 29 heavy (non-hydrogen) atoms. The molecule has 0 fully saturated rings. The van der Waals surface area contributed by atoms with Crippen molar-refractivity contribution in [3.8, 4) is 11.4 Å². The van der Waals surface area contributed by atoms with E-state index in [1.165, 1.54) is 5.56 Å². The summed E-state index contributed by atoms with van der Waals surface area (Å²) in [6.45, 7) is 2.44. The summed E-state index contributed by atoms with van der Waals surface area (Å²) in [5.41, 5.74) is 4.53. The molecule has 4 heterocycles. The van der Waals surface area contributed by atoms with Gasteiger partial charge in [0.15, 0.2) is 0 Å². The first-order valence-electron chi connectivity index (χ1n) is 9.61. The number of methoxy groups -OCH3 is 1. The highest BCUT2D eigenvalue weighted by Gasteiger charge is 2.30. The lowest BCUT2D eigenvalue weighted by Gasteiger charge is -2.31. The zero-order valence-electron chi connectivity index (χ0n) is 16.5. The van der Waals surface area contributed by atoms with Crippen molar-refractivity contribution in [2.75, 3.05) is 13.7 Å². The van der Waals surface area contributed by atoms with Crippen molar-refractivity contribution in [3.05, 3.63) is 78.2 Å². The van der Waals surface area contributed by atoms with Gasteiger partial charge in [0.25, 0.3) is 0 Å². The van der Waals surface area contributed by atoms with Crippen LogP contribution in [0.15, 0.2) is 55.4 Å². The van der Waals surface area contributed by atoms with Gasteiger partial charge in [0.1, 0.15) is 11.6 Å². The second kappa shape index (κ2) is 7.21. The summed E-state index contributed by atoms with van der Waals surface area (Å²) in [5, 5.41) is 4.35. The number of aromatic nitrogens is 6. The van der Waals surface area contributed by atoms with Gasteiger partial charge in [0.2, 0.25) is 0 Å². The molecule has 1 N–H and O–H groups in total. The topological polar surface area (TPSA) is 76.8 Å². The molecule has 0 spiro atoms. The first-order valence-corrected chi connectivity index (χ1v) is 9.61. The van der Waals surface area contributed by atoms with Gasteiger partial charge >= 0.3 is 0 Å². The van der Waals surface area contributed by atoms with E-state index in [0.29, 0.717) is 0 Å². The maximum absolute atomic E-state index is 5.27. The molecule has 5 rings (SSSR count). The Morgan fingerprint density at radius 2 is 2.07 bits per heavy atom. The highest BCUT2D eigenvalue weighted by Crippen LogP contribution is 2.32. The molecule has 0 amide bonds. The van der Waals surface area contributed by atoms with E-state index in [4.69, 9.17) is 4.74 Å². The molecule has 0 radical (unpaired) electrons. The number of imidazole rings is 2. The van der Waals surface area contributed by atoms with Gasteiger partial charge in [-0.2, -0.15) is 5.10 Å². The Kier molecular flexibility index (Phi) is 4.40. The number of nitrogens with one attached hydrogen (secondary N) is 1. The molecule has 3 aromatic heterocycles. The lowest BCUT2D eigenvalue weighted by molar-refractivity contribution is 0.221. The largest absolute Gasteiger partial charge is 0.497 e. The van der Waals surface area contributed by atoms with E-state index in [-0.39, 0.29) is 5.92 Å². The van der Waals surface area contributed by atoms with E-state index in [1.54, 1.807) is 13.4 Å². The highest BCUT2D eigenvalue weighted by molar-refractivity contribution is 5.38. The molecule has 8 nitrogen and oxygen atoms in total. The van der Waals surface area contributed by atoms with E-state index < -0.39 is 0 Å². The van der Waals surface area contributed by atoms with Crippen LogP contribution in [0.5, 0.6) is 5.75 Å². The second-order valence-electron chi connectivity index (χ2n) is 7.35. The van der Waals surface area contributed by atoms with Crippen LogP contribution >= 0.6 is 0 Å². The molecule has 1 unspecified atom stereocenters. The lowest BCUT2D eigenvalue weighted by Crippen LogP contribution is -2.34. The van der Waals surface area contributed by atoms with Gasteiger partial charge in [0.05, 0.1) is 37.6 Å². The van der Waals surface area contributed by atoms with Gasteiger partial charge in [-0.15, -0.1) is 0 Å². The molecule has 0 bridgehead atoms. The summed E-state index contributed by atoms with van der Waals surface area (Å²) < 4.78 is 9.24. The number of aryl methyl sites for hydroxylation is 1. The zero-order valence-corrected chi connectivity index (χ0v) is 16.5. The minimum atomic E-state index is 0.197. The Hall–Kier alpha value is -3.39. The van der Waals surface area contributed by atoms with Crippen molar-refractivity contribution in [2.45, 2.75) is 19.0 Å². The maximum Gasteiger partial charge on any atom is 0.127 e. The van der Waals surface area contributed by atoms with Crippen molar-refractivity contribution >= 4 is 0 Å². The minimum Gasteiger partial charge on any atom is -0.497 e. The first-order chi connectivity index (χ1) is 14.2. The highest BCUT2D eigenvalue weighted by atomic mass is 16.5. The Labute approximate surface area is 168 Å². The normalized spacial score (nSPS) is 16.7. The smallest absolute Gasteiger partial charge is 0.127 e. The van der Waals surface area contributed by atoms with Crippen LogP contribution in [0.3, 0.4) is 0 Å². The Bertz CT molecular complexity index is 1110. The van der Waals surface area contributed by atoms with Crippen molar-refractivity contribution in [1.29, 1.82) is 0 Å². The number of nitrogens with zero attached hydrogens (tertiary/aromatic N) is 6. The summed E-state index contributed by atoms with van der Waals surface area (Å²) in [6, 6.07) is 8.03. The lowest BCUT2D eigenvalue weighted by atomic mass is 9.93. The van der Waals surface area contributed by atoms with E-state index >= 15 is 0 Å². The molecule has 0 aliphatic carbocycles. The van der Waals surface area contributed by atoms with Crippen LogP contribution in [0.25, 0.3) is 5.69 Å². The van der Waals surface area contributed by atoms with Crippen molar-refractivity contribution < 1.29 is 4.74 Å². The van der Waals surface area contributed by atoms with Crippen molar-refractivity contribution in [3.63, 3.8) is 0 Å². The van der Waals surface area contributed by atoms with Gasteiger partial charge in [-0.3, -0.25) is 9.58 Å². The Balaban J connectivity index is 1.41. The second-order valence-corrected chi connectivity index (χ2v) is 7.35. The van der Waals surface area contributed by atoms with Crippen LogP contribution in [0, 0.1) is 0 Å². The van der Waals surface area contributed by atoms with Crippen LogP contribution in [-0.4, -0.2) is 47.9 Å².